The quantitative estimate of drug-likeness (QED) is 0.781. The van der Waals surface area contributed by atoms with Crippen LogP contribution in [-0.2, 0) is 4.74 Å². The fourth-order valence-corrected chi connectivity index (χ4v) is 1.16. The van der Waals surface area contributed by atoms with Crippen molar-refractivity contribution in [2.45, 2.75) is 66.0 Å². The van der Waals surface area contributed by atoms with Crippen LogP contribution in [0.25, 0.3) is 0 Å². The lowest BCUT2D eigenvalue weighted by molar-refractivity contribution is 0.0505. The van der Waals surface area contributed by atoms with Crippen molar-refractivity contribution >= 4 is 6.09 Å². The van der Waals surface area contributed by atoms with Gasteiger partial charge in [0.05, 0.1) is 0 Å². The topological polar surface area (TPSA) is 38.3 Å². The molecule has 0 aliphatic heterocycles. The van der Waals surface area contributed by atoms with Crippen LogP contribution in [0.5, 0.6) is 0 Å². The second kappa shape index (κ2) is 5.99. The van der Waals surface area contributed by atoms with E-state index in [2.05, 4.69) is 19.2 Å². The van der Waals surface area contributed by atoms with Gasteiger partial charge in [0.15, 0.2) is 0 Å². The van der Waals surface area contributed by atoms with Crippen LogP contribution in [0.15, 0.2) is 0 Å². The molecule has 0 heterocycles. The van der Waals surface area contributed by atoms with Crippen molar-refractivity contribution in [2.75, 3.05) is 0 Å². The van der Waals surface area contributed by atoms with Crippen LogP contribution in [0.4, 0.5) is 4.79 Å². The Morgan fingerprint density at radius 3 is 2.13 bits per heavy atom. The summed E-state index contributed by atoms with van der Waals surface area (Å²) in [5.41, 5.74) is -0.415. The minimum absolute atomic E-state index is 0.183. The van der Waals surface area contributed by atoms with Crippen LogP contribution in [-0.4, -0.2) is 17.7 Å². The minimum atomic E-state index is -0.415. The molecule has 0 aromatic rings. The van der Waals surface area contributed by atoms with E-state index in [0.29, 0.717) is 5.92 Å². The Balaban J connectivity index is 3.77. The molecule has 1 N–H and O–H groups in total. The molecule has 3 nitrogen and oxygen atoms in total. The van der Waals surface area contributed by atoms with E-state index in [1.165, 1.54) is 0 Å². The molecular formula is C12H25NO2. The number of amides is 1. The van der Waals surface area contributed by atoms with E-state index >= 15 is 0 Å². The van der Waals surface area contributed by atoms with Gasteiger partial charge in [0.1, 0.15) is 5.60 Å². The molecule has 0 aliphatic carbocycles. The lowest BCUT2D eigenvalue weighted by Crippen LogP contribution is -2.37. The number of carbonyl (C=O) groups is 1. The highest BCUT2D eigenvalue weighted by Gasteiger charge is 2.17. The fourth-order valence-electron chi connectivity index (χ4n) is 1.16. The van der Waals surface area contributed by atoms with E-state index < -0.39 is 5.60 Å². The Kier molecular flexibility index (Phi) is 5.69. The van der Waals surface area contributed by atoms with Crippen molar-refractivity contribution in [3.8, 4) is 0 Å². The maximum absolute atomic E-state index is 11.4. The lowest BCUT2D eigenvalue weighted by Gasteiger charge is -2.22. The number of hydrogen-bond acceptors (Lipinski definition) is 2. The molecule has 0 aromatic carbocycles. The molecule has 0 saturated carbocycles. The molecule has 3 heteroatoms. The molecule has 1 atom stereocenters. The van der Waals surface area contributed by atoms with Crippen LogP contribution < -0.4 is 5.32 Å². The first-order chi connectivity index (χ1) is 6.70. The molecule has 0 aliphatic rings. The molecule has 0 aromatic heterocycles. The first kappa shape index (κ1) is 14.3. The minimum Gasteiger partial charge on any atom is -0.444 e. The summed E-state index contributed by atoms with van der Waals surface area (Å²) in [4.78, 5) is 11.4. The van der Waals surface area contributed by atoms with E-state index in [1.54, 1.807) is 0 Å². The van der Waals surface area contributed by atoms with E-state index in [-0.39, 0.29) is 12.1 Å². The standard InChI is InChI=1S/C12H25NO2/c1-9(2)7-8-10(3)13-11(14)15-12(4,5)6/h9-10H,7-8H2,1-6H3,(H,13,14). The maximum atomic E-state index is 11.4. The predicted octanol–water partition coefficient (Wildman–Crippen LogP) is 3.34. The van der Waals surface area contributed by atoms with Gasteiger partial charge in [0, 0.05) is 6.04 Å². The Bertz CT molecular complexity index is 194. The summed E-state index contributed by atoms with van der Waals surface area (Å²) in [7, 11) is 0. The summed E-state index contributed by atoms with van der Waals surface area (Å²) in [5.74, 6) is 0.674. The highest BCUT2D eigenvalue weighted by Crippen LogP contribution is 2.09. The first-order valence-electron chi connectivity index (χ1n) is 5.70. The molecule has 0 rings (SSSR count). The SMILES string of the molecule is CC(C)CCC(C)NC(=O)OC(C)(C)C. The van der Waals surface area contributed by atoms with Crippen molar-refractivity contribution < 1.29 is 9.53 Å². The van der Waals surface area contributed by atoms with Gasteiger partial charge < -0.3 is 10.1 Å². The average Bonchev–Trinajstić information content (AvgIpc) is 1.96. The van der Waals surface area contributed by atoms with Crippen LogP contribution in [0.1, 0.15) is 54.4 Å². The zero-order chi connectivity index (χ0) is 12.1. The monoisotopic (exact) mass is 215 g/mol. The van der Waals surface area contributed by atoms with E-state index in [4.69, 9.17) is 4.74 Å². The molecular weight excluding hydrogens is 190 g/mol. The normalized spacial score (nSPS) is 13.8. The number of ether oxygens (including phenoxy) is 1. The molecule has 15 heavy (non-hydrogen) atoms. The first-order valence-corrected chi connectivity index (χ1v) is 5.70. The molecule has 0 saturated heterocycles. The fraction of sp³-hybridized carbons (Fsp3) is 0.917. The van der Waals surface area contributed by atoms with E-state index in [9.17, 15) is 4.79 Å². The van der Waals surface area contributed by atoms with Crippen molar-refractivity contribution in [1.29, 1.82) is 0 Å². The van der Waals surface area contributed by atoms with Gasteiger partial charge in [-0.1, -0.05) is 13.8 Å². The van der Waals surface area contributed by atoms with Crippen LogP contribution in [0.3, 0.4) is 0 Å². The Labute approximate surface area is 93.6 Å². The van der Waals surface area contributed by atoms with Gasteiger partial charge in [-0.15, -0.1) is 0 Å². The van der Waals surface area contributed by atoms with Gasteiger partial charge in [0.25, 0.3) is 0 Å². The smallest absolute Gasteiger partial charge is 0.407 e. The second-order valence-electron chi connectivity index (χ2n) is 5.52. The van der Waals surface area contributed by atoms with Crippen LogP contribution in [0, 0.1) is 5.92 Å². The van der Waals surface area contributed by atoms with Gasteiger partial charge in [-0.3, -0.25) is 0 Å². The predicted molar refractivity (Wildman–Crippen MR) is 62.9 cm³/mol. The van der Waals surface area contributed by atoms with Crippen LogP contribution >= 0.6 is 0 Å². The largest absolute Gasteiger partial charge is 0.444 e. The van der Waals surface area contributed by atoms with Gasteiger partial charge in [-0.25, -0.2) is 4.79 Å². The molecule has 0 bridgehead atoms. The number of hydrogen-bond donors (Lipinski definition) is 1. The summed E-state index contributed by atoms with van der Waals surface area (Å²) in [6.45, 7) is 12.0. The zero-order valence-electron chi connectivity index (χ0n) is 10.9. The van der Waals surface area contributed by atoms with Crippen molar-refractivity contribution in [3.05, 3.63) is 0 Å². The average molecular weight is 215 g/mol. The Morgan fingerprint density at radius 2 is 1.73 bits per heavy atom. The van der Waals surface area contributed by atoms with Crippen molar-refractivity contribution in [3.63, 3.8) is 0 Å². The maximum Gasteiger partial charge on any atom is 0.407 e. The summed E-state index contributed by atoms with van der Waals surface area (Å²) in [5, 5.41) is 2.83. The number of alkyl carbamates (subject to hydrolysis) is 1. The molecule has 1 amide bonds. The van der Waals surface area contributed by atoms with E-state index in [1.807, 2.05) is 27.7 Å². The Hall–Kier alpha value is -0.730. The van der Waals surface area contributed by atoms with Crippen LogP contribution in [0.2, 0.25) is 0 Å². The highest BCUT2D eigenvalue weighted by molar-refractivity contribution is 5.67. The summed E-state index contributed by atoms with van der Waals surface area (Å²) in [6, 6.07) is 0.183. The summed E-state index contributed by atoms with van der Waals surface area (Å²) >= 11 is 0. The van der Waals surface area contributed by atoms with Crippen molar-refractivity contribution in [2.24, 2.45) is 5.92 Å². The molecule has 1 unspecified atom stereocenters. The zero-order valence-corrected chi connectivity index (χ0v) is 10.9. The molecule has 0 radical (unpaired) electrons. The van der Waals surface area contributed by atoms with Gasteiger partial charge >= 0.3 is 6.09 Å². The molecule has 0 spiro atoms. The molecule has 0 fully saturated rings. The van der Waals surface area contributed by atoms with Gasteiger partial charge in [0.2, 0.25) is 0 Å². The highest BCUT2D eigenvalue weighted by atomic mass is 16.6. The van der Waals surface area contributed by atoms with E-state index in [0.717, 1.165) is 12.8 Å². The summed E-state index contributed by atoms with van der Waals surface area (Å²) < 4.78 is 5.17. The number of rotatable bonds is 4. The Morgan fingerprint density at radius 1 is 1.20 bits per heavy atom. The molecule has 90 valence electrons. The van der Waals surface area contributed by atoms with Gasteiger partial charge in [-0.2, -0.15) is 0 Å². The summed E-state index contributed by atoms with van der Waals surface area (Å²) in [6.07, 6.45) is 1.80. The second-order valence-corrected chi connectivity index (χ2v) is 5.52. The lowest BCUT2D eigenvalue weighted by atomic mass is 10.0. The third-order valence-electron chi connectivity index (χ3n) is 1.94. The number of carbonyl (C=O) groups excluding carboxylic acids is 1. The third kappa shape index (κ3) is 9.57. The third-order valence-corrected chi connectivity index (χ3v) is 1.94. The number of nitrogens with one attached hydrogen (secondary N) is 1. The van der Waals surface area contributed by atoms with Crippen molar-refractivity contribution in [1.82, 2.24) is 5.32 Å². The van der Waals surface area contributed by atoms with Gasteiger partial charge in [-0.05, 0) is 46.5 Å².